The molecule has 0 saturated heterocycles. The Labute approximate surface area is 153 Å². The number of hydrogen-bond acceptors (Lipinski definition) is 3. The van der Waals surface area contributed by atoms with Gasteiger partial charge in [-0.15, -0.1) is 0 Å². The van der Waals surface area contributed by atoms with Crippen molar-refractivity contribution in [1.29, 1.82) is 0 Å². The van der Waals surface area contributed by atoms with Crippen LogP contribution in [0.4, 0.5) is 0 Å². The molecule has 3 aromatic rings. The number of esters is 1. The first-order chi connectivity index (χ1) is 12.5. The largest absolute Gasteiger partial charge is 0.457 e. The standard InChI is InChI=1S/C22H23NO3/c1-15-10-11-16(2)19(12-15)21(24)14-26-22(25)9-5-6-17-13-23-20-8-4-3-7-18(17)20/h3-4,7-8,10-13,23H,5-6,9,14H2,1-2H3. The fraction of sp³-hybridized carbons (Fsp3) is 0.273. The van der Waals surface area contributed by atoms with E-state index in [0.29, 0.717) is 18.4 Å². The van der Waals surface area contributed by atoms with Crippen LogP contribution in [0.3, 0.4) is 0 Å². The average Bonchev–Trinajstić information content (AvgIpc) is 3.05. The summed E-state index contributed by atoms with van der Waals surface area (Å²) >= 11 is 0. The van der Waals surface area contributed by atoms with Crippen LogP contribution in [-0.2, 0) is 16.0 Å². The third-order valence-electron chi connectivity index (χ3n) is 4.56. The molecule has 0 bridgehead atoms. The molecule has 0 aliphatic rings. The second-order valence-corrected chi connectivity index (χ2v) is 6.62. The molecule has 0 aliphatic heterocycles. The van der Waals surface area contributed by atoms with Gasteiger partial charge in [-0.1, -0.05) is 35.9 Å². The lowest BCUT2D eigenvalue weighted by atomic mass is 10.0. The highest BCUT2D eigenvalue weighted by Crippen LogP contribution is 2.19. The zero-order chi connectivity index (χ0) is 18.5. The van der Waals surface area contributed by atoms with Gasteiger partial charge in [-0.3, -0.25) is 9.59 Å². The lowest BCUT2D eigenvalue weighted by Crippen LogP contribution is -2.15. The Morgan fingerprint density at radius 1 is 1.08 bits per heavy atom. The van der Waals surface area contributed by atoms with Crippen molar-refractivity contribution in [2.45, 2.75) is 33.1 Å². The minimum absolute atomic E-state index is 0.156. The van der Waals surface area contributed by atoms with E-state index in [-0.39, 0.29) is 18.4 Å². The van der Waals surface area contributed by atoms with Gasteiger partial charge < -0.3 is 9.72 Å². The summed E-state index contributed by atoms with van der Waals surface area (Å²) in [6, 6.07) is 13.8. The van der Waals surface area contributed by atoms with Crippen LogP contribution in [0.25, 0.3) is 10.9 Å². The summed E-state index contributed by atoms with van der Waals surface area (Å²) in [5, 5.41) is 1.19. The number of hydrogen-bond donors (Lipinski definition) is 1. The monoisotopic (exact) mass is 349 g/mol. The number of aromatic nitrogens is 1. The molecule has 0 fully saturated rings. The number of H-pyrrole nitrogens is 1. The molecule has 0 unspecified atom stereocenters. The molecule has 1 aromatic heterocycles. The quantitative estimate of drug-likeness (QED) is 0.503. The summed E-state index contributed by atoms with van der Waals surface area (Å²) in [6.45, 7) is 3.62. The van der Waals surface area contributed by atoms with E-state index in [1.165, 1.54) is 10.9 Å². The zero-order valence-electron chi connectivity index (χ0n) is 15.2. The van der Waals surface area contributed by atoms with Crippen molar-refractivity contribution >= 4 is 22.7 Å². The van der Waals surface area contributed by atoms with E-state index < -0.39 is 0 Å². The topological polar surface area (TPSA) is 59.2 Å². The number of carbonyl (C=O) groups is 2. The van der Waals surface area contributed by atoms with Gasteiger partial charge in [0.05, 0.1) is 0 Å². The SMILES string of the molecule is Cc1ccc(C)c(C(=O)COC(=O)CCCc2c[nH]c3ccccc23)c1. The number of aromatic amines is 1. The molecule has 0 amide bonds. The number of ketones is 1. The average molecular weight is 349 g/mol. The Kier molecular flexibility index (Phi) is 5.52. The summed E-state index contributed by atoms with van der Waals surface area (Å²) < 4.78 is 5.16. The van der Waals surface area contributed by atoms with Gasteiger partial charge in [0.15, 0.2) is 6.61 Å². The van der Waals surface area contributed by atoms with Crippen molar-refractivity contribution in [3.05, 3.63) is 70.9 Å². The fourth-order valence-electron chi connectivity index (χ4n) is 3.09. The second kappa shape index (κ2) is 8.00. The highest BCUT2D eigenvalue weighted by molar-refractivity contribution is 5.99. The molecule has 4 heteroatoms. The molecule has 0 spiro atoms. The number of para-hydroxylation sites is 1. The molecule has 0 aliphatic carbocycles. The third-order valence-corrected chi connectivity index (χ3v) is 4.56. The Morgan fingerprint density at radius 2 is 1.88 bits per heavy atom. The van der Waals surface area contributed by atoms with Gasteiger partial charge in [0.25, 0.3) is 0 Å². The van der Waals surface area contributed by atoms with Gasteiger partial charge in [0.1, 0.15) is 0 Å². The number of ether oxygens (including phenoxy) is 1. The summed E-state index contributed by atoms with van der Waals surface area (Å²) in [4.78, 5) is 27.4. The zero-order valence-corrected chi connectivity index (χ0v) is 15.2. The van der Waals surface area contributed by atoms with Crippen LogP contribution in [0.2, 0.25) is 0 Å². The van der Waals surface area contributed by atoms with Crippen molar-refractivity contribution in [3.63, 3.8) is 0 Å². The number of carbonyl (C=O) groups excluding carboxylic acids is 2. The Hall–Kier alpha value is -2.88. The molecule has 0 saturated carbocycles. The van der Waals surface area contributed by atoms with Gasteiger partial charge in [-0.2, -0.15) is 0 Å². The Bertz CT molecular complexity index is 939. The van der Waals surface area contributed by atoms with E-state index in [2.05, 4.69) is 11.1 Å². The Morgan fingerprint density at radius 3 is 2.73 bits per heavy atom. The second-order valence-electron chi connectivity index (χ2n) is 6.62. The van der Waals surface area contributed by atoms with Gasteiger partial charge >= 0.3 is 5.97 Å². The molecule has 3 rings (SSSR count). The van der Waals surface area contributed by atoms with Crippen LogP contribution in [0, 0.1) is 13.8 Å². The highest BCUT2D eigenvalue weighted by Gasteiger charge is 2.13. The smallest absolute Gasteiger partial charge is 0.306 e. The molecule has 4 nitrogen and oxygen atoms in total. The molecule has 134 valence electrons. The first-order valence-electron chi connectivity index (χ1n) is 8.85. The molecule has 0 atom stereocenters. The molecule has 1 N–H and O–H groups in total. The highest BCUT2D eigenvalue weighted by atomic mass is 16.5. The van der Waals surface area contributed by atoms with Crippen molar-refractivity contribution in [3.8, 4) is 0 Å². The minimum atomic E-state index is -0.330. The molecular formula is C22H23NO3. The summed E-state index contributed by atoms with van der Waals surface area (Å²) in [7, 11) is 0. The van der Waals surface area contributed by atoms with Gasteiger partial charge in [0, 0.05) is 29.1 Å². The van der Waals surface area contributed by atoms with Gasteiger partial charge in [-0.25, -0.2) is 0 Å². The summed E-state index contributed by atoms with van der Waals surface area (Å²) in [5.74, 6) is -0.486. The van der Waals surface area contributed by atoms with Crippen molar-refractivity contribution < 1.29 is 14.3 Å². The Balaban J connectivity index is 1.47. The van der Waals surface area contributed by atoms with E-state index in [0.717, 1.165) is 23.1 Å². The van der Waals surface area contributed by atoms with E-state index in [4.69, 9.17) is 4.74 Å². The number of aryl methyl sites for hydroxylation is 3. The van der Waals surface area contributed by atoms with Crippen molar-refractivity contribution in [2.75, 3.05) is 6.61 Å². The van der Waals surface area contributed by atoms with Gasteiger partial charge in [0.2, 0.25) is 5.78 Å². The first kappa shape index (κ1) is 17.9. The van der Waals surface area contributed by atoms with Crippen LogP contribution >= 0.6 is 0 Å². The predicted octanol–water partition coefficient (Wildman–Crippen LogP) is 4.53. The lowest BCUT2D eigenvalue weighted by molar-refractivity contribution is -0.142. The van der Waals surface area contributed by atoms with Gasteiger partial charge in [-0.05, 0) is 49.9 Å². The lowest BCUT2D eigenvalue weighted by Gasteiger charge is -2.07. The maximum Gasteiger partial charge on any atom is 0.306 e. The first-order valence-corrected chi connectivity index (χ1v) is 8.85. The van der Waals surface area contributed by atoms with Crippen LogP contribution in [0.1, 0.15) is 39.9 Å². The maximum absolute atomic E-state index is 12.2. The van der Waals surface area contributed by atoms with E-state index in [1.54, 1.807) is 0 Å². The van der Waals surface area contributed by atoms with Crippen LogP contribution in [0.5, 0.6) is 0 Å². The number of Topliss-reactive ketones (excluding diaryl/α,β-unsaturated/α-hetero) is 1. The summed E-state index contributed by atoms with van der Waals surface area (Å²) in [5.41, 5.74) is 4.83. The fourth-order valence-corrected chi connectivity index (χ4v) is 3.09. The van der Waals surface area contributed by atoms with Crippen molar-refractivity contribution in [2.24, 2.45) is 0 Å². The molecule has 0 radical (unpaired) electrons. The van der Waals surface area contributed by atoms with E-state index in [9.17, 15) is 9.59 Å². The van der Waals surface area contributed by atoms with Crippen LogP contribution in [-0.4, -0.2) is 23.3 Å². The van der Waals surface area contributed by atoms with Crippen LogP contribution < -0.4 is 0 Å². The van der Waals surface area contributed by atoms with Crippen molar-refractivity contribution in [1.82, 2.24) is 4.98 Å². The third kappa shape index (κ3) is 4.20. The molecule has 26 heavy (non-hydrogen) atoms. The maximum atomic E-state index is 12.2. The number of nitrogens with one attached hydrogen (secondary N) is 1. The molecule has 2 aromatic carbocycles. The van der Waals surface area contributed by atoms with Crippen LogP contribution in [0.15, 0.2) is 48.7 Å². The van der Waals surface area contributed by atoms with E-state index >= 15 is 0 Å². The number of benzene rings is 2. The molecular weight excluding hydrogens is 326 g/mol. The number of fused-ring (bicyclic) bond motifs is 1. The predicted molar refractivity (Wildman–Crippen MR) is 102 cm³/mol. The number of rotatable bonds is 7. The molecule has 1 heterocycles. The summed E-state index contributed by atoms with van der Waals surface area (Å²) in [6.07, 6.45) is 3.78. The minimum Gasteiger partial charge on any atom is -0.457 e. The van der Waals surface area contributed by atoms with E-state index in [1.807, 2.05) is 56.4 Å². The normalized spacial score (nSPS) is 10.8.